The summed E-state index contributed by atoms with van der Waals surface area (Å²) in [6.45, 7) is 5.22. The van der Waals surface area contributed by atoms with Crippen molar-refractivity contribution in [2.75, 3.05) is 13.2 Å². The van der Waals surface area contributed by atoms with Crippen LogP contribution in [0.1, 0.15) is 35.9 Å². The molecule has 3 rings (SSSR count). The van der Waals surface area contributed by atoms with Crippen molar-refractivity contribution in [2.45, 2.75) is 19.9 Å². The van der Waals surface area contributed by atoms with E-state index >= 15 is 0 Å². The number of amides is 1. The number of H-pyrrole nitrogens is 1. The van der Waals surface area contributed by atoms with E-state index in [0.29, 0.717) is 23.9 Å². The fourth-order valence-electron chi connectivity index (χ4n) is 2.61. The molecule has 1 aliphatic heterocycles. The van der Waals surface area contributed by atoms with Gasteiger partial charge in [0.15, 0.2) is 11.5 Å². The van der Waals surface area contributed by atoms with E-state index in [1.54, 1.807) is 12.3 Å². The number of halogens is 1. The predicted molar refractivity (Wildman–Crippen MR) is 88.3 cm³/mol. The van der Waals surface area contributed by atoms with Crippen LogP contribution in [0.5, 0.6) is 11.5 Å². The van der Waals surface area contributed by atoms with Gasteiger partial charge in [-0.2, -0.15) is 0 Å². The van der Waals surface area contributed by atoms with Crippen LogP contribution in [0.2, 0.25) is 5.02 Å². The van der Waals surface area contributed by atoms with E-state index in [1.807, 2.05) is 18.2 Å². The molecule has 2 N–H and O–H groups in total. The summed E-state index contributed by atoms with van der Waals surface area (Å²) in [4.78, 5) is 15.2. The fraction of sp³-hybridized carbons (Fsp3) is 0.353. The molecular weight excluding hydrogens is 316 g/mol. The molecule has 2 aromatic rings. The Kier molecular flexibility index (Phi) is 4.48. The van der Waals surface area contributed by atoms with Crippen LogP contribution in [0, 0.1) is 5.92 Å². The quantitative estimate of drug-likeness (QED) is 0.898. The van der Waals surface area contributed by atoms with Crippen LogP contribution < -0.4 is 14.8 Å². The molecule has 1 unspecified atom stereocenters. The van der Waals surface area contributed by atoms with Crippen molar-refractivity contribution >= 4 is 17.5 Å². The SMILES string of the molecule is CC(C)C(NC(=O)c1cc(Cl)c[nH]1)c1ccc2c(c1)OCCO2. The summed E-state index contributed by atoms with van der Waals surface area (Å²) in [5.74, 6) is 1.49. The zero-order chi connectivity index (χ0) is 16.4. The lowest BCUT2D eigenvalue weighted by molar-refractivity contribution is 0.0921. The largest absolute Gasteiger partial charge is 0.486 e. The van der Waals surface area contributed by atoms with Crippen molar-refractivity contribution in [3.63, 3.8) is 0 Å². The van der Waals surface area contributed by atoms with Gasteiger partial charge in [0.05, 0.1) is 11.1 Å². The molecule has 1 atom stereocenters. The Morgan fingerprint density at radius 3 is 2.61 bits per heavy atom. The number of ether oxygens (including phenoxy) is 2. The highest BCUT2D eigenvalue weighted by Crippen LogP contribution is 2.34. The van der Waals surface area contributed by atoms with Gasteiger partial charge in [0.1, 0.15) is 18.9 Å². The van der Waals surface area contributed by atoms with Gasteiger partial charge in [0, 0.05) is 6.20 Å². The lowest BCUT2D eigenvalue weighted by Gasteiger charge is -2.25. The van der Waals surface area contributed by atoms with Crippen LogP contribution in [-0.4, -0.2) is 24.1 Å². The van der Waals surface area contributed by atoms with Crippen LogP contribution in [0.4, 0.5) is 0 Å². The zero-order valence-electron chi connectivity index (χ0n) is 13.1. The molecule has 0 radical (unpaired) electrons. The van der Waals surface area contributed by atoms with Gasteiger partial charge in [-0.05, 0) is 29.7 Å². The highest BCUT2D eigenvalue weighted by atomic mass is 35.5. The topological polar surface area (TPSA) is 63.4 Å². The summed E-state index contributed by atoms with van der Waals surface area (Å²) < 4.78 is 11.2. The standard InChI is InChI=1S/C17H19ClN2O3/c1-10(2)16(20-17(21)13-8-12(18)9-19-13)11-3-4-14-15(7-11)23-6-5-22-14/h3-4,7-10,16,19H,5-6H2,1-2H3,(H,20,21). The maximum Gasteiger partial charge on any atom is 0.268 e. The smallest absolute Gasteiger partial charge is 0.268 e. The first-order chi connectivity index (χ1) is 11.0. The monoisotopic (exact) mass is 334 g/mol. The molecular formula is C17H19ClN2O3. The first-order valence-corrected chi connectivity index (χ1v) is 7.96. The molecule has 122 valence electrons. The molecule has 0 aliphatic carbocycles. The van der Waals surface area contributed by atoms with Crippen LogP contribution in [0.15, 0.2) is 30.5 Å². The van der Waals surface area contributed by atoms with Gasteiger partial charge in [-0.25, -0.2) is 0 Å². The van der Waals surface area contributed by atoms with Crippen LogP contribution in [0.3, 0.4) is 0 Å². The molecule has 6 heteroatoms. The molecule has 0 saturated heterocycles. The number of aromatic amines is 1. The van der Waals surface area contributed by atoms with Gasteiger partial charge in [0.2, 0.25) is 0 Å². The van der Waals surface area contributed by atoms with Gasteiger partial charge >= 0.3 is 0 Å². The van der Waals surface area contributed by atoms with Crippen molar-refractivity contribution < 1.29 is 14.3 Å². The van der Waals surface area contributed by atoms with E-state index in [1.165, 1.54) is 0 Å². The summed E-state index contributed by atoms with van der Waals surface area (Å²) in [5, 5.41) is 3.55. The van der Waals surface area contributed by atoms with Gasteiger partial charge in [-0.1, -0.05) is 31.5 Å². The van der Waals surface area contributed by atoms with Crippen LogP contribution >= 0.6 is 11.6 Å². The fourth-order valence-corrected chi connectivity index (χ4v) is 2.77. The Bertz CT molecular complexity index is 712. The Labute approximate surface area is 139 Å². The number of carbonyl (C=O) groups excluding carboxylic acids is 1. The summed E-state index contributed by atoms with van der Waals surface area (Å²) in [5.41, 5.74) is 1.42. The number of benzene rings is 1. The Balaban J connectivity index is 1.82. The molecule has 5 nitrogen and oxygen atoms in total. The maximum absolute atomic E-state index is 12.4. The first-order valence-electron chi connectivity index (χ1n) is 7.59. The molecule has 0 spiro atoms. The van der Waals surface area contributed by atoms with E-state index in [9.17, 15) is 4.79 Å². The predicted octanol–water partition coefficient (Wildman–Crippen LogP) is 3.57. The average molecular weight is 335 g/mol. The number of hydrogen-bond donors (Lipinski definition) is 2. The molecule has 1 aromatic carbocycles. The Morgan fingerprint density at radius 1 is 1.22 bits per heavy atom. The maximum atomic E-state index is 12.4. The molecule has 2 heterocycles. The lowest BCUT2D eigenvalue weighted by Crippen LogP contribution is -2.32. The van der Waals surface area contributed by atoms with E-state index in [-0.39, 0.29) is 17.9 Å². The number of carbonyl (C=O) groups is 1. The van der Waals surface area contributed by atoms with Crippen LogP contribution in [0.25, 0.3) is 0 Å². The summed E-state index contributed by atoms with van der Waals surface area (Å²) in [6.07, 6.45) is 1.59. The highest BCUT2D eigenvalue weighted by molar-refractivity contribution is 6.30. The minimum atomic E-state index is -0.189. The summed E-state index contributed by atoms with van der Waals surface area (Å²) in [7, 11) is 0. The second-order valence-corrected chi connectivity index (χ2v) is 6.27. The highest BCUT2D eigenvalue weighted by Gasteiger charge is 2.22. The molecule has 0 fully saturated rings. The first kappa shape index (κ1) is 15.7. The molecule has 1 amide bonds. The third-order valence-corrected chi connectivity index (χ3v) is 3.99. The normalized spacial score (nSPS) is 14.6. The third kappa shape index (κ3) is 3.45. The number of rotatable bonds is 4. The zero-order valence-corrected chi connectivity index (χ0v) is 13.8. The van der Waals surface area contributed by atoms with Gasteiger partial charge in [-0.3, -0.25) is 4.79 Å². The molecule has 23 heavy (non-hydrogen) atoms. The third-order valence-electron chi connectivity index (χ3n) is 3.77. The van der Waals surface area contributed by atoms with Gasteiger partial charge < -0.3 is 19.8 Å². The number of nitrogens with one attached hydrogen (secondary N) is 2. The van der Waals surface area contributed by atoms with Gasteiger partial charge in [-0.15, -0.1) is 0 Å². The number of hydrogen-bond acceptors (Lipinski definition) is 3. The lowest BCUT2D eigenvalue weighted by atomic mass is 9.95. The molecule has 1 aromatic heterocycles. The second-order valence-electron chi connectivity index (χ2n) is 5.83. The second kappa shape index (κ2) is 6.54. The van der Waals surface area contributed by atoms with E-state index in [4.69, 9.17) is 21.1 Å². The van der Waals surface area contributed by atoms with Crippen molar-refractivity contribution in [3.05, 3.63) is 46.7 Å². The molecule has 0 bridgehead atoms. The minimum Gasteiger partial charge on any atom is -0.486 e. The van der Waals surface area contributed by atoms with E-state index in [0.717, 1.165) is 17.1 Å². The average Bonchev–Trinajstić information content (AvgIpc) is 2.98. The summed E-state index contributed by atoms with van der Waals surface area (Å²) >= 11 is 5.86. The van der Waals surface area contributed by atoms with Gasteiger partial charge in [0.25, 0.3) is 5.91 Å². The molecule has 1 aliphatic rings. The van der Waals surface area contributed by atoms with Crippen LogP contribution in [-0.2, 0) is 0 Å². The van der Waals surface area contributed by atoms with Crippen molar-refractivity contribution in [1.29, 1.82) is 0 Å². The number of aromatic nitrogens is 1. The van der Waals surface area contributed by atoms with Crippen molar-refractivity contribution in [1.82, 2.24) is 10.3 Å². The minimum absolute atomic E-state index is 0.139. The Hall–Kier alpha value is -2.14. The van der Waals surface area contributed by atoms with Crippen molar-refractivity contribution in [2.24, 2.45) is 5.92 Å². The number of fused-ring (bicyclic) bond motifs is 1. The molecule has 0 saturated carbocycles. The van der Waals surface area contributed by atoms with E-state index in [2.05, 4.69) is 24.1 Å². The van der Waals surface area contributed by atoms with Crippen molar-refractivity contribution in [3.8, 4) is 11.5 Å². The summed E-state index contributed by atoms with van der Waals surface area (Å²) in [6, 6.07) is 7.25. The van der Waals surface area contributed by atoms with E-state index < -0.39 is 0 Å². The Morgan fingerprint density at radius 2 is 1.96 bits per heavy atom.